The van der Waals surface area contributed by atoms with Gasteiger partial charge in [-0.1, -0.05) is 61.5 Å². The number of amides is 1. The van der Waals surface area contributed by atoms with Crippen LogP contribution in [0.4, 0.5) is 0 Å². The first-order valence-corrected chi connectivity index (χ1v) is 10.8. The van der Waals surface area contributed by atoms with Crippen molar-refractivity contribution >= 4 is 5.91 Å². The van der Waals surface area contributed by atoms with Gasteiger partial charge in [0.1, 0.15) is 5.82 Å². The summed E-state index contributed by atoms with van der Waals surface area (Å²) < 4.78 is 3.38. The highest BCUT2D eigenvalue weighted by Crippen LogP contribution is 2.51. The second-order valence-corrected chi connectivity index (χ2v) is 8.55. The lowest BCUT2D eigenvalue weighted by atomic mass is 9.97. The summed E-state index contributed by atoms with van der Waals surface area (Å²) in [6, 6.07) is 17.8. The topological polar surface area (TPSA) is 109 Å². The summed E-state index contributed by atoms with van der Waals surface area (Å²) in [4.78, 5) is 28.9. The molecule has 1 unspecified atom stereocenters. The molecular weight excluding hydrogens is 416 g/mol. The van der Waals surface area contributed by atoms with Crippen molar-refractivity contribution in [3.8, 4) is 11.1 Å². The Kier molecular flexibility index (Phi) is 4.92. The van der Waals surface area contributed by atoms with Crippen molar-refractivity contribution in [1.29, 1.82) is 0 Å². The summed E-state index contributed by atoms with van der Waals surface area (Å²) in [6.07, 6.45) is 4.75. The van der Waals surface area contributed by atoms with Gasteiger partial charge in [0, 0.05) is 19.2 Å². The normalized spacial score (nSPS) is 15.2. The first kappa shape index (κ1) is 20.8. The van der Waals surface area contributed by atoms with E-state index in [9.17, 15) is 9.59 Å². The summed E-state index contributed by atoms with van der Waals surface area (Å²) >= 11 is 0. The Balaban J connectivity index is 1.58. The molecule has 2 N–H and O–H groups in total. The van der Waals surface area contributed by atoms with Crippen molar-refractivity contribution in [2.24, 2.45) is 12.8 Å². The Morgan fingerprint density at radius 3 is 2.39 bits per heavy atom. The zero-order chi connectivity index (χ0) is 23.2. The Morgan fingerprint density at radius 2 is 1.76 bits per heavy atom. The fourth-order valence-corrected chi connectivity index (χ4v) is 4.47. The minimum absolute atomic E-state index is 0.0676. The van der Waals surface area contributed by atoms with Crippen LogP contribution in [-0.2, 0) is 12.6 Å². The van der Waals surface area contributed by atoms with Gasteiger partial charge in [0.15, 0.2) is 0 Å². The largest absolute Gasteiger partial charge is 0.363 e. The average molecular weight is 441 g/mol. The average Bonchev–Trinajstić information content (AvgIpc) is 3.51. The highest BCUT2D eigenvalue weighted by atomic mass is 16.1. The summed E-state index contributed by atoms with van der Waals surface area (Å²) in [5.41, 5.74) is 8.59. The van der Waals surface area contributed by atoms with Crippen LogP contribution in [0.2, 0.25) is 0 Å². The number of aromatic nitrogens is 5. The second kappa shape index (κ2) is 7.81. The van der Waals surface area contributed by atoms with Gasteiger partial charge in [0.2, 0.25) is 5.82 Å². The fraction of sp³-hybridized carbons (Fsp3) is 0.240. The fourth-order valence-electron chi connectivity index (χ4n) is 4.47. The van der Waals surface area contributed by atoms with Gasteiger partial charge in [-0.15, -0.1) is 10.2 Å². The minimum Gasteiger partial charge on any atom is -0.363 e. The van der Waals surface area contributed by atoms with Gasteiger partial charge >= 0.3 is 0 Å². The number of benzene rings is 2. The van der Waals surface area contributed by atoms with Gasteiger partial charge in [0.25, 0.3) is 11.5 Å². The highest BCUT2D eigenvalue weighted by Gasteiger charge is 2.50. The number of rotatable bonds is 6. The van der Waals surface area contributed by atoms with Gasteiger partial charge in [-0.05, 0) is 29.5 Å². The van der Waals surface area contributed by atoms with Crippen LogP contribution in [0.3, 0.4) is 0 Å². The molecule has 8 nitrogen and oxygen atoms in total. The molecule has 1 aliphatic carbocycles. The third-order valence-corrected chi connectivity index (χ3v) is 6.47. The molecule has 2 aromatic heterocycles. The van der Waals surface area contributed by atoms with Crippen LogP contribution in [0.15, 0.2) is 71.9 Å². The summed E-state index contributed by atoms with van der Waals surface area (Å²) in [5, 5.41) is 8.56. The molecule has 1 saturated carbocycles. The molecule has 0 aliphatic heterocycles. The number of hydrogen-bond donors (Lipinski definition) is 1. The lowest BCUT2D eigenvalue weighted by molar-refractivity contribution is 0.0983. The zero-order valence-corrected chi connectivity index (χ0v) is 18.5. The molecule has 0 radical (unpaired) electrons. The van der Waals surface area contributed by atoms with Gasteiger partial charge in [-0.2, -0.15) is 0 Å². The smallest absolute Gasteiger partial charge is 0.286 e. The minimum atomic E-state index is -0.601. The van der Waals surface area contributed by atoms with Crippen LogP contribution < -0.4 is 11.3 Å². The van der Waals surface area contributed by atoms with Crippen LogP contribution in [0.5, 0.6) is 0 Å². The molecule has 5 rings (SSSR count). The number of nitrogens with zero attached hydrogens (tertiary/aromatic N) is 5. The maximum absolute atomic E-state index is 12.5. The Bertz CT molecular complexity index is 1380. The van der Waals surface area contributed by atoms with E-state index in [0.29, 0.717) is 11.4 Å². The SMILES string of the molecule is CC(c1ccccc1)c1nnc(C(N)=O)n1C1(c2ccc(-c3cncn(C)c3=O)cc2)CC1. The predicted molar refractivity (Wildman–Crippen MR) is 124 cm³/mol. The maximum atomic E-state index is 12.5. The molecule has 1 aliphatic rings. The Labute approximate surface area is 190 Å². The monoisotopic (exact) mass is 440 g/mol. The van der Waals surface area contributed by atoms with Crippen molar-refractivity contribution < 1.29 is 4.79 Å². The second-order valence-electron chi connectivity index (χ2n) is 8.55. The predicted octanol–water partition coefficient (Wildman–Crippen LogP) is 2.83. The highest BCUT2D eigenvalue weighted by molar-refractivity contribution is 5.89. The first-order valence-electron chi connectivity index (χ1n) is 10.8. The van der Waals surface area contributed by atoms with Crippen LogP contribution in [0.1, 0.15) is 53.3 Å². The lowest BCUT2D eigenvalue weighted by Gasteiger charge is -2.24. The van der Waals surface area contributed by atoms with Gasteiger partial charge in [0.05, 0.1) is 17.4 Å². The number of aryl methyl sites for hydroxylation is 1. The molecule has 1 amide bonds. The van der Waals surface area contributed by atoms with E-state index < -0.39 is 11.4 Å². The third kappa shape index (κ3) is 3.44. The molecule has 1 fully saturated rings. The lowest BCUT2D eigenvalue weighted by Crippen LogP contribution is -2.29. The number of primary amides is 1. The first-order chi connectivity index (χ1) is 15.9. The van der Waals surface area contributed by atoms with E-state index in [0.717, 1.165) is 29.5 Å². The van der Waals surface area contributed by atoms with Crippen LogP contribution in [0, 0.1) is 0 Å². The van der Waals surface area contributed by atoms with Crippen molar-refractivity contribution in [3.63, 3.8) is 0 Å². The van der Waals surface area contributed by atoms with Crippen molar-refractivity contribution in [2.75, 3.05) is 0 Å². The summed E-state index contributed by atoms with van der Waals surface area (Å²) in [6.45, 7) is 2.05. The number of hydrogen-bond acceptors (Lipinski definition) is 5. The van der Waals surface area contributed by atoms with Crippen molar-refractivity contribution in [1.82, 2.24) is 24.3 Å². The molecule has 0 spiro atoms. The molecule has 33 heavy (non-hydrogen) atoms. The van der Waals surface area contributed by atoms with Gasteiger partial charge < -0.3 is 10.3 Å². The number of carbonyl (C=O) groups is 1. The van der Waals surface area contributed by atoms with E-state index in [2.05, 4.69) is 22.1 Å². The van der Waals surface area contributed by atoms with Crippen LogP contribution in [0.25, 0.3) is 11.1 Å². The zero-order valence-electron chi connectivity index (χ0n) is 18.5. The van der Waals surface area contributed by atoms with E-state index in [-0.39, 0.29) is 17.3 Å². The van der Waals surface area contributed by atoms with Crippen LogP contribution >= 0.6 is 0 Å². The summed E-state index contributed by atoms with van der Waals surface area (Å²) in [7, 11) is 1.68. The molecule has 0 saturated heterocycles. The quantitative estimate of drug-likeness (QED) is 0.496. The van der Waals surface area contributed by atoms with Crippen LogP contribution in [-0.4, -0.2) is 30.2 Å². The molecule has 0 bridgehead atoms. The maximum Gasteiger partial charge on any atom is 0.286 e. The molecule has 2 heterocycles. The van der Waals surface area contributed by atoms with E-state index in [4.69, 9.17) is 5.73 Å². The van der Waals surface area contributed by atoms with Gasteiger partial charge in [-0.3, -0.25) is 14.2 Å². The standard InChI is InChI=1S/C25H24N6O2/c1-16(17-6-4-3-5-7-17)22-28-29-23(21(26)32)31(22)25(12-13-25)19-10-8-18(9-11-19)20-14-27-15-30(2)24(20)33/h3-11,14-16H,12-13H2,1-2H3,(H2,26,32). The number of nitrogens with two attached hydrogens (primary N) is 1. The molecule has 4 aromatic rings. The molecule has 1 atom stereocenters. The molecule has 2 aromatic carbocycles. The molecular formula is C25H24N6O2. The molecule has 8 heteroatoms. The van der Waals surface area contributed by atoms with E-state index in [1.54, 1.807) is 13.2 Å². The van der Waals surface area contributed by atoms with E-state index in [1.807, 2.05) is 59.2 Å². The van der Waals surface area contributed by atoms with Crippen molar-refractivity contribution in [2.45, 2.75) is 31.2 Å². The van der Waals surface area contributed by atoms with E-state index >= 15 is 0 Å². The molecule has 166 valence electrons. The number of carbonyl (C=O) groups excluding carboxylic acids is 1. The summed E-state index contributed by atoms with van der Waals surface area (Å²) in [5.74, 6) is 0.200. The van der Waals surface area contributed by atoms with E-state index in [1.165, 1.54) is 10.9 Å². The van der Waals surface area contributed by atoms with Crippen molar-refractivity contribution in [3.05, 3.63) is 100 Å². The third-order valence-electron chi connectivity index (χ3n) is 6.47. The Morgan fingerprint density at radius 1 is 1.06 bits per heavy atom. The van der Waals surface area contributed by atoms with Gasteiger partial charge in [-0.25, -0.2) is 4.98 Å². The Hall–Kier alpha value is -4.07.